The predicted molar refractivity (Wildman–Crippen MR) is 171 cm³/mol. The van der Waals surface area contributed by atoms with Crippen LogP contribution in [0.2, 0.25) is 15.1 Å². The smallest absolute Gasteiger partial charge is 0.437 e. The monoisotopic (exact) mass is 630 g/mol. The van der Waals surface area contributed by atoms with E-state index in [9.17, 15) is 9.59 Å². The minimum atomic E-state index is -0.845. The lowest BCUT2D eigenvalue weighted by Gasteiger charge is -2.21. The second-order valence-electron chi connectivity index (χ2n) is 11.7. The number of aliphatic imine (C=N–C) groups is 1. The molecular formula is C31H33Cl3N4O4. The van der Waals surface area contributed by atoms with E-state index in [1.807, 2.05) is 42.5 Å². The number of nitrogens with one attached hydrogen (secondary N) is 2. The van der Waals surface area contributed by atoms with Gasteiger partial charge in [0, 0.05) is 39.9 Å². The molecule has 4 rings (SSSR count). The molecule has 0 spiro atoms. The molecule has 0 aliphatic carbocycles. The van der Waals surface area contributed by atoms with Gasteiger partial charge in [0.1, 0.15) is 11.2 Å². The van der Waals surface area contributed by atoms with Crippen molar-refractivity contribution in [2.75, 3.05) is 6.54 Å². The number of aromatic nitrogens is 1. The molecule has 3 aromatic carbocycles. The summed E-state index contributed by atoms with van der Waals surface area (Å²) >= 11 is 18.8. The van der Waals surface area contributed by atoms with Crippen molar-refractivity contribution in [2.45, 2.75) is 59.3 Å². The van der Waals surface area contributed by atoms with Gasteiger partial charge in [0.15, 0.2) is 0 Å². The molecule has 0 saturated heterocycles. The number of guanidine groups is 1. The van der Waals surface area contributed by atoms with Gasteiger partial charge in [0.2, 0.25) is 5.96 Å². The quantitative estimate of drug-likeness (QED) is 0.173. The third-order valence-corrected chi connectivity index (χ3v) is 6.90. The zero-order valence-electron chi connectivity index (χ0n) is 24.3. The van der Waals surface area contributed by atoms with Gasteiger partial charge in [-0.25, -0.2) is 9.59 Å². The number of benzene rings is 3. The van der Waals surface area contributed by atoms with Gasteiger partial charge in [0.05, 0.1) is 10.0 Å². The Morgan fingerprint density at radius 1 is 0.786 bits per heavy atom. The number of halogens is 3. The van der Waals surface area contributed by atoms with E-state index in [0.29, 0.717) is 28.2 Å². The number of alkyl carbamates (subject to hydrolysis) is 1. The lowest BCUT2D eigenvalue weighted by Crippen LogP contribution is -2.45. The van der Waals surface area contributed by atoms with Gasteiger partial charge in [-0.15, -0.1) is 4.99 Å². The van der Waals surface area contributed by atoms with Gasteiger partial charge in [-0.2, -0.15) is 0 Å². The maximum absolute atomic E-state index is 12.5. The number of rotatable bonds is 4. The Balaban J connectivity index is 1.64. The van der Waals surface area contributed by atoms with E-state index in [-0.39, 0.29) is 5.96 Å². The van der Waals surface area contributed by atoms with Crippen molar-refractivity contribution in [2.24, 2.45) is 4.99 Å². The van der Waals surface area contributed by atoms with Crippen molar-refractivity contribution >= 4 is 74.8 Å². The molecule has 8 nitrogen and oxygen atoms in total. The minimum Gasteiger partial charge on any atom is -0.444 e. The first-order valence-electron chi connectivity index (χ1n) is 13.3. The van der Waals surface area contributed by atoms with Crippen LogP contribution in [-0.2, 0) is 16.0 Å². The average molecular weight is 632 g/mol. The molecule has 4 aromatic rings. The molecule has 0 aliphatic rings. The molecule has 0 radical (unpaired) electrons. The maximum Gasteiger partial charge on any atom is 0.437 e. The summed E-state index contributed by atoms with van der Waals surface area (Å²) in [6.07, 6.45) is -1.60. The molecule has 42 heavy (non-hydrogen) atoms. The second kappa shape index (κ2) is 12.4. The zero-order chi connectivity index (χ0) is 30.8. The highest BCUT2D eigenvalue weighted by atomic mass is 35.5. The summed E-state index contributed by atoms with van der Waals surface area (Å²) in [5.74, 6) is -0.0794. The molecule has 0 saturated carbocycles. The molecule has 1 aromatic heterocycles. The van der Waals surface area contributed by atoms with Crippen LogP contribution in [0.4, 0.5) is 9.59 Å². The zero-order valence-corrected chi connectivity index (χ0v) is 26.5. The van der Waals surface area contributed by atoms with Crippen LogP contribution in [0.15, 0.2) is 59.6 Å². The molecule has 2 amide bonds. The summed E-state index contributed by atoms with van der Waals surface area (Å²) in [5.41, 5.74) is 2.37. The van der Waals surface area contributed by atoms with Gasteiger partial charge in [-0.1, -0.05) is 46.9 Å². The van der Waals surface area contributed by atoms with Crippen molar-refractivity contribution in [3.8, 4) is 11.1 Å². The summed E-state index contributed by atoms with van der Waals surface area (Å²) in [5, 5.41) is 9.14. The molecule has 0 atom stereocenters. The highest BCUT2D eigenvalue weighted by molar-refractivity contribution is 6.42. The fraction of sp³-hybridized carbons (Fsp3) is 0.323. The summed E-state index contributed by atoms with van der Waals surface area (Å²) < 4.78 is 12.8. The number of hydrogen-bond acceptors (Lipinski definition) is 4. The van der Waals surface area contributed by atoms with Crippen molar-refractivity contribution < 1.29 is 19.1 Å². The van der Waals surface area contributed by atoms with Crippen molar-refractivity contribution in [3.63, 3.8) is 0 Å². The number of carbonyl (C=O) groups is 2. The second-order valence-corrected chi connectivity index (χ2v) is 12.9. The Bertz CT molecular complexity index is 1680. The third-order valence-electron chi connectivity index (χ3n) is 5.92. The Kier molecular flexibility index (Phi) is 9.30. The molecule has 222 valence electrons. The Morgan fingerprint density at radius 3 is 2.02 bits per heavy atom. The highest BCUT2D eigenvalue weighted by Gasteiger charge is 2.21. The number of fused-ring (bicyclic) bond motifs is 3. The summed E-state index contributed by atoms with van der Waals surface area (Å²) in [6, 6.07) is 17.4. The Morgan fingerprint density at radius 2 is 1.38 bits per heavy atom. The largest absolute Gasteiger partial charge is 0.444 e. The molecule has 0 fully saturated rings. The minimum absolute atomic E-state index is 0.0794. The molecule has 0 bridgehead atoms. The van der Waals surface area contributed by atoms with Gasteiger partial charge in [0.25, 0.3) is 0 Å². The van der Waals surface area contributed by atoms with Crippen LogP contribution in [0.1, 0.15) is 41.5 Å². The van der Waals surface area contributed by atoms with Crippen LogP contribution in [0, 0.1) is 0 Å². The van der Waals surface area contributed by atoms with E-state index in [1.165, 1.54) is 0 Å². The predicted octanol–water partition coefficient (Wildman–Crippen LogP) is 8.83. The molecule has 0 aliphatic heterocycles. The van der Waals surface area contributed by atoms with E-state index in [0.717, 1.165) is 32.9 Å². The number of ether oxygens (including phenoxy) is 2. The molecule has 11 heteroatoms. The summed E-state index contributed by atoms with van der Waals surface area (Å²) in [6.45, 7) is 11.2. The van der Waals surface area contributed by atoms with Crippen LogP contribution < -0.4 is 10.6 Å². The first kappa shape index (κ1) is 31.5. The Labute approximate surface area is 259 Å². The number of amides is 2. The van der Waals surface area contributed by atoms with E-state index in [4.69, 9.17) is 44.3 Å². The average Bonchev–Trinajstić information content (AvgIpc) is 3.15. The van der Waals surface area contributed by atoms with Crippen LogP contribution in [0.25, 0.3) is 32.9 Å². The number of hydrogen-bond donors (Lipinski definition) is 2. The van der Waals surface area contributed by atoms with Crippen molar-refractivity contribution in [3.05, 3.63) is 69.7 Å². The number of carbonyl (C=O) groups excluding carboxylic acids is 2. The Hall–Kier alpha value is -3.46. The maximum atomic E-state index is 12.5. The van der Waals surface area contributed by atoms with Crippen LogP contribution in [0.5, 0.6) is 0 Å². The van der Waals surface area contributed by atoms with E-state index < -0.39 is 23.4 Å². The third kappa shape index (κ3) is 8.09. The van der Waals surface area contributed by atoms with Gasteiger partial charge in [-0.3, -0.25) is 5.32 Å². The van der Waals surface area contributed by atoms with E-state index >= 15 is 0 Å². The standard InChI is InChI=1S/C31H33Cl3N4O4/c1-30(2,3)41-28(39)36-27(37-29(40)42-31(4,5)6)35-13-14-38-25-11-8-18(19-7-10-23(33)24(34)16-19)15-21(25)22-17-20(32)9-12-26(22)38/h7-12,15-17H,13-14H2,1-6H3,(H2,35,36,37,39,40). The lowest BCUT2D eigenvalue weighted by atomic mass is 10.0. The summed E-state index contributed by atoms with van der Waals surface area (Å²) in [7, 11) is 0. The van der Waals surface area contributed by atoms with E-state index in [1.54, 1.807) is 47.6 Å². The normalized spacial score (nSPS) is 12.5. The molecule has 1 heterocycles. The molecular weight excluding hydrogens is 599 g/mol. The molecule has 2 N–H and O–H groups in total. The fourth-order valence-electron chi connectivity index (χ4n) is 4.35. The number of nitrogens with zero attached hydrogens (tertiary/aromatic N) is 2. The van der Waals surface area contributed by atoms with E-state index in [2.05, 4.69) is 26.3 Å². The van der Waals surface area contributed by atoms with Crippen molar-refractivity contribution in [1.29, 1.82) is 0 Å². The van der Waals surface area contributed by atoms with Crippen LogP contribution in [-0.4, -0.2) is 40.5 Å². The lowest BCUT2D eigenvalue weighted by molar-refractivity contribution is 0.0560. The van der Waals surface area contributed by atoms with Gasteiger partial charge < -0.3 is 19.4 Å². The highest BCUT2D eigenvalue weighted by Crippen LogP contribution is 2.35. The topological polar surface area (TPSA) is 94.0 Å². The summed E-state index contributed by atoms with van der Waals surface area (Å²) in [4.78, 5) is 28.8. The van der Waals surface area contributed by atoms with Crippen LogP contribution >= 0.6 is 34.8 Å². The van der Waals surface area contributed by atoms with Gasteiger partial charge in [-0.05, 0) is 95.1 Å². The molecule has 0 unspecified atom stereocenters. The fourth-order valence-corrected chi connectivity index (χ4v) is 4.82. The SMILES string of the molecule is CC(C)(C)OC(=O)/N=C(/NCCn1c2ccc(Cl)cc2c2cc(-c3ccc(Cl)c(Cl)c3)ccc21)NC(=O)OC(C)(C)C. The van der Waals surface area contributed by atoms with Crippen molar-refractivity contribution in [1.82, 2.24) is 15.2 Å². The first-order chi connectivity index (χ1) is 19.6. The first-order valence-corrected chi connectivity index (χ1v) is 14.5. The van der Waals surface area contributed by atoms with Crippen LogP contribution in [0.3, 0.4) is 0 Å². The van der Waals surface area contributed by atoms with Gasteiger partial charge >= 0.3 is 12.2 Å².